The van der Waals surface area contributed by atoms with Gasteiger partial charge in [-0.05, 0) is 25.3 Å². The summed E-state index contributed by atoms with van der Waals surface area (Å²) in [5.41, 5.74) is -1.50. The topological polar surface area (TPSA) is 125 Å². The van der Waals surface area contributed by atoms with Gasteiger partial charge in [0.15, 0.2) is 5.82 Å². The van der Waals surface area contributed by atoms with Crippen LogP contribution in [0.1, 0.15) is 32.6 Å². The number of aromatic nitrogens is 2. The smallest absolute Gasteiger partial charge is 0.410 e. The average molecular weight is 421 g/mol. The Bertz CT molecular complexity index is 876. The molecule has 30 heavy (non-hydrogen) atoms. The van der Waals surface area contributed by atoms with Gasteiger partial charge in [0.25, 0.3) is 11.5 Å². The van der Waals surface area contributed by atoms with Crippen LogP contribution >= 0.6 is 0 Å². The molecule has 0 saturated carbocycles. The summed E-state index contributed by atoms with van der Waals surface area (Å²) in [5, 5.41) is 13.4. The second-order valence-corrected chi connectivity index (χ2v) is 7.53. The lowest BCUT2D eigenvalue weighted by molar-refractivity contribution is -0.136. The molecule has 2 aliphatic rings. The molecule has 0 atom stereocenters. The third-order valence-corrected chi connectivity index (χ3v) is 5.74. The van der Waals surface area contributed by atoms with Gasteiger partial charge in [-0.2, -0.15) is 5.10 Å². The molecule has 11 nitrogen and oxygen atoms in total. The van der Waals surface area contributed by atoms with Crippen molar-refractivity contribution in [2.24, 2.45) is 7.05 Å². The minimum atomic E-state index is -1.20. The number of amides is 3. The Labute approximate surface area is 173 Å². The van der Waals surface area contributed by atoms with Gasteiger partial charge in [0.2, 0.25) is 0 Å². The second kappa shape index (κ2) is 8.72. The molecule has 0 aliphatic carbocycles. The molecule has 164 valence electrons. The third-order valence-electron chi connectivity index (χ3n) is 5.74. The minimum Gasteiger partial charge on any atom is -0.465 e. The number of hydrogen-bond donors (Lipinski definition) is 1. The van der Waals surface area contributed by atoms with Crippen molar-refractivity contribution < 1.29 is 24.2 Å². The molecule has 1 aromatic heterocycles. The molecule has 0 bridgehead atoms. The summed E-state index contributed by atoms with van der Waals surface area (Å²) in [6.45, 7) is 2.96. The number of rotatable bonds is 4. The number of unbranched alkanes of at least 4 members (excludes halogenated alkanes) is 1. The summed E-state index contributed by atoms with van der Waals surface area (Å²) in [5.74, 6) is -0.0153. The Balaban J connectivity index is 1.90. The lowest BCUT2D eigenvalue weighted by atomic mass is 9.82. The van der Waals surface area contributed by atoms with Crippen LogP contribution in [0.15, 0.2) is 16.9 Å². The van der Waals surface area contributed by atoms with Gasteiger partial charge in [0.05, 0.1) is 6.61 Å². The molecule has 1 N–H and O–H groups in total. The molecule has 3 heterocycles. The Kier molecular flexibility index (Phi) is 6.28. The van der Waals surface area contributed by atoms with Crippen LogP contribution in [0.2, 0.25) is 0 Å². The van der Waals surface area contributed by atoms with Gasteiger partial charge in [-0.25, -0.2) is 14.3 Å². The van der Waals surface area contributed by atoms with E-state index in [0.29, 0.717) is 5.82 Å². The molecule has 2 fully saturated rings. The van der Waals surface area contributed by atoms with Crippen LogP contribution in [0.5, 0.6) is 0 Å². The average Bonchev–Trinajstić information content (AvgIpc) is 2.72. The van der Waals surface area contributed by atoms with Gasteiger partial charge < -0.3 is 14.7 Å². The standard InChI is InChI=1S/C19H27N5O6/c1-3-4-13-30-18(29)24-12-11-23(14-5-6-15(25)21(2)20-14)16(26)19(24)7-9-22(10-8-19)17(27)28/h5-6H,3-4,7-13H2,1-2H3,(H,27,28). The summed E-state index contributed by atoms with van der Waals surface area (Å²) >= 11 is 0. The molecule has 3 rings (SSSR count). The predicted molar refractivity (Wildman–Crippen MR) is 106 cm³/mol. The van der Waals surface area contributed by atoms with Crippen molar-refractivity contribution in [1.82, 2.24) is 19.6 Å². The van der Waals surface area contributed by atoms with E-state index in [2.05, 4.69) is 5.10 Å². The molecule has 0 aromatic carbocycles. The highest BCUT2D eigenvalue weighted by molar-refractivity contribution is 6.02. The van der Waals surface area contributed by atoms with Crippen molar-refractivity contribution >= 4 is 23.9 Å². The highest BCUT2D eigenvalue weighted by Gasteiger charge is 2.54. The fourth-order valence-corrected chi connectivity index (χ4v) is 3.93. The van der Waals surface area contributed by atoms with Crippen molar-refractivity contribution in [2.45, 2.75) is 38.1 Å². The number of piperazine rings is 1. The molecular formula is C19H27N5O6. The number of ether oxygens (including phenoxy) is 1. The van der Waals surface area contributed by atoms with Crippen LogP contribution in [0, 0.1) is 0 Å². The lowest BCUT2D eigenvalue weighted by Gasteiger charge is -2.51. The van der Waals surface area contributed by atoms with Crippen molar-refractivity contribution in [3.63, 3.8) is 0 Å². The van der Waals surface area contributed by atoms with Crippen LogP contribution < -0.4 is 10.5 Å². The Morgan fingerprint density at radius 1 is 1.17 bits per heavy atom. The zero-order valence-electron chi connectivity index (χ0n) is 17.2. The van der Waals surface area contributed by atoms with Gasteiger partial charge in [-0.15, -0.1) is 0 Å². The van der Waals surface area contributed by atoms with E-state index < -0.39 is 17.7 Å². The predicted octanol–water partition coefficient (Wildman–Crippen LogP) is 0.878. The third kappa shape index (κ3) is 3.96. The number of carbonyl (C=O) groups is 3. The highest BCUT2D eigenvalue weighted by atomic mass is 16.6. The van der Waals surface area contributed by atoms with Crippen molar-refractivity contribution in [3.05, 3.63) is 22.5 Å². The fraction of sp³-hybridized carbons (Fsp3) is 0.632. The maximum absolute atomic E-state index is 13.6. The summed E-state index contributed by atoms with van der Waals surface area (Å²) in [6, 6.07) is 2.82. The Hall–Kier alpha value is -3.11. The van der Waals surface area contributed by atoms with Crippen LogP contribution in [0.3, 0.4) is 0 Å². The molecule has 2 aliphatic heterocycles. The zero-order valence-corrected chi connectivity index (χ0v) is 17.2. The molecule has 2 saturated heterocycles. The normalized spacial score (nSPS) is 18.6. The number of anilines is 1. The van der Waals surface area contributed by atoms with Crippen molar-refractivity contribution in [1.29, 1.82) is 0 Å². The second-order valence-electron chi connectivity index (χ2n) is 7.53. The van der Waals surface area contributed by atoms with E-state index in [9.17, 15) is 24.3 Å². The first-order valence-electron chi connectivity index (χ1n) is 10.1. The van der Waals surface area contributed by atoms with Crippen LogP contribution in [0.4, 0.5) is 15.4 Å². The molecule has 1 aromatic rings. The molecule has 0 radical (unpaired) electrons. The van der Waals surface area contributed by atoms with Gasteiger partial charge in [-0.1, -0.05) is 13.3 Å². The van der Waals surface area contributed by atoms with Crippen LogP contribution in [-0.2, 0) is 16.6 Å². The molecule has 11 heteroatoms. The van der Waals surface area contributed by atoms with Gasteiger partial charge in [0, 0.05) is 39.3 Å². The minimum absolute atomic E-state index is 0.133. The van der Waals surface area contributed by atoms with E-state index in [0.717, 1.165) is 17.5 Å². The Morgan fingerprint density at radius 3 is 2.47 bits per heavy atom. The molecule has 0 unspecified atom stereocenters. The van der Waals surface area contributed by atoms with E-state index in [1.807, 2.05) is 6.92 Å². The molecular weight excluding hydrogens is 394 g/mol. The van der Waals surface area contributed by atoms with E-state index >= 15 is 0 Å². The summed E-state index contributed by atoms with van der Waals surface area (Å²) in [7, 11) is 1.50. The van der Waals surface area contributed by atoms with Crippen molar-refractivity contribution in [3.8, 4) is 0 Å². The Morgan fingerprint density at radius 2 is 1.87 bits per heavy atom. The summed E-state index contributed by atoms with van der Waals surface area (Å²) in [4.78, 5) is 53.5. The number of piperidine rings is 1. The van der Waals surface area contributed by atoms with Crippen molar-refractivity contribution in [2.75, 3.05) is 37.7 Å². The summed E-state index contributed by atoms with van der Waals surface area (Å²) in [6.07, 6.45) is 0.320. The van der Waals surface area contributed by atoms with Gasteiger partial charge in [-0.3, -0.25) is 19.4 Å². The fourth-order valence-electron chi connectivity index (χ4n) is 3.93. The lowest BCUT2D eigenvalue weighted by Crippen LogP contribution is -2.70. The van der Waals surface area contributed by atoms with E-state index in [-0.39, 0.29) is 57.1 Å². The van der Waals surface area contributed by atoms with E-state index in [1.165, 1.54) is 33.9 Å². The highest BCUT2D eigenvalue weighted by Crippen LogP contribution is 2.35. The first-order chi connectivity index (χ1) is 14.3. The van der Waals surface area contributed by atoms with E-state index in [1.54, 1.807) is 0 Å². The number of aryl methyl sites for hydroxylation is 1. The molecule has 1 spiro atoms. The monoisotopic (exact) mass is 421 g/mol. The maximum Gasteiger partial charge on any atom is 0.410 e. The van der Waals surface area contributed by atoms with Gasteiger partial charge in [0.1, 0.15) is 5.54 Å². The summed E-state index contributed by atoms with van der Waals surface area (Å²) < 4.78 is 6.52. The number of carboxylic acid groups (broad SMARTS) is 1. The maximum atomic E-state index is 13.6. The number of likely N-dealkylation sites (tertiary alicyclic amines) is 1. The SMILES string of the molecule is CCCCOC(=O)N1CCN(c2ccc(=O)n(C)n2)C(=O)C12CCN(C(=O)O)CC2. The first kappa shape index (κ1) is 21.6. The first-order valence-corrected chi connectivity index (χ1v) is 10.1. The van der Waals surface area contributed by atoms with Crippen LogP contribution in [0.25, 0.3) is 0 Å². The zero-order chi connectivity index (χ0) is 21.9. The van der Waals surface area contributed by atoms with E-state index in [4.69, 9.17) is 4.74 Å². The van der Waals surface area contributed by atoms with Gasteiger partial charge >= 0.3 is 12.2 Å². The van der Waals surface area contributed by atoms with Crippen LogP contribution in [-0.4, -0.2) is 81.1 Å². The molecule has 3 amide bonds. The number of nitrogens with zero attached hydrogens (tertiary/aromatic N) is 5. The quantitative estimate of drug-likeness (QED) is 0.715. The number of hydrogen-bond acceptors (Lipinski definition) is 6. The largest absolute Gasteiger partial charge is 0.465 e. The number of carbonyl (C=O) groups excluding carboxylic acids is 2.